The highest BCUT2D eigenvalue weighted by Crippen LogP contribution is 2.31. The Labute approximate surface area is 174 Å². The van der Waals surface area contributed by atoms with E-state index in [1.807, 2.05) is 6.07 Å². The van der Waals surface area contributed by atoms with Crippen LogP contribution in [0.1, 0.15) is 21.5 Å². The molecule has 3 heterocycles. The van der Waals surface area contributed by atoms with Gasteiger partial charge in [-0.15, -0.1) is 0 Å². The van der Waals surface area contributed by atoms with Crippen molar-refractivity contribution in [3.05, 3.63) is 83.8 Å². The number of amides is 1. The van der Waals surface area contributed by atoms with Gasteiger partial charge >= 0.3 is 6.18 Å². The molecule has 1 amide bonds. The second-order valence-electron chi connectivity index (χ2n) is 6.76. The van der Waals surface area contributed by atoms with Crippen molar-refractivity contribution in [3.8, 4) is 17.3 Å². The van der Waals surface area contributed by atoms with Crippen LogP contribution in [0.4, 0.5) is 18.9 Å². The second kappa shape index (κ2) is 7.57. The van der Waals surface area contributed by atoms with E-state index in [9.17, 15) is 18.0 Å². The molecule has 0 unspecified atom stereocenters. The molecule has 0 N–H and O–H groups in total. The van der Waals surface area contributed by atoms with Gasteiger partial charge in [0, 0.05) is 36.3 Å². The van der Waals surface area contributed by atoms with Crippen molar-refractivity contribution in [2.24, 2.45) is 0 Å². The smallest absolute Gasteiger partial charge is 0.311 e. The number of pyridine rings is 2. The molecule has 9 heteroatoms. The Balaban J connectivity index is 1.67. The summed E-state index contributed by atoms with van der Waals surface area (Å²) in [5, 5.41) is 13.1. The molecule has 0 spiro atoms. The summed E-state index contributed by atoms with van der Waals surface area (Å²) in [6.07, 6.45) is -0.610. The Morgan fingerprint density at radius 3 is 2.45 bits per heavy atom. The first-order chi connectivity index (χ1) is 14.8. The largest absolute Gasteiger partial charge is 0.417 e. The zero-order valence-electron chi connectivity index (χ0n) is 16.1. The SMILES string of the molecule is CN(C(=O)c1ccn2ncc(-c3ccc(C(F)(F)F)cn3)c2c1)c1ccc(C#N)cc1. The normalized spacial score (nSPS) is 11.3. The molecule has 0 aliphatic carbocycles. The van der Waals surface area contributed by atoms with E-state index in [0.717, 1.165) is 12.3 Å². The number of anilines is 1. The number of halogens is 3. The zero-order valence-corrected chi connectivity index (χ0v) is 16.1. The number of benzene rings is 1. The number of hydrogen-bond acceptors (Lipinski definition) is 4. The summed E-state index contributed by atoms with van der Waals surface area (Å²) in [5.74, 6) is -0.292. The van der Waals surface area contributed by atoms with Gasteiger partial charge in [0.15, 0.2) is 0 Å². The van der Waals surface area contributed by atoms with Gasteiger partial charge in [-0.2, -0.15) is 23.5 Å². The number of aromatic nitrogens is 3. The van der Waals surface area contributed by atoms with Gasteiger partial charge in [-0.1, -0.05) is 0 Å². The van der Waals surface area contributed by atoms with Crippen LogP contribution < -0.4 is 4.90 Å². The van der Waals surface area contributed by atoms with E-state index < -0.39 is 11.7 Å². The zero-order chi connectivity index (χ0) is 22.2. The third kappa shape index (κ3) is 3.83. The summed E-state index contributed by atoms with van der Waals surface area (Å²) in [6.45, 7) is 0. The van der Waals surface area contributed by atoms with Gasteiger partial charge in [-0.3, -0.25) is 9.78 Å². The average molecular weight is 421 g/mol. The van der Waals surface area contributed by atoms with Crippen LogP contribution in [0, 0.1) is 11.3 Å². The van der Waals surface area contributed by atoms with Crippen molar-refractivity contribution in [2.45, 2.75) is 6.18 Å². The highest BCUT2D eigenvalue weighted by Gasteiger charge is 2.30. The van der Waals surface area contributed by atoms with Gasteiger partial charge in [0.2, 0.25) is 0 Å². The van der Waals surface area contributed by atoms with E-state index in [0.29, 0.717) is 33.6 Å². The minimum Gasteiger partial charge on any atom is -0.311 e. The summed E-state index contributed by atoms with van der Waals surface area (Å²) >= 11 is 0. The first-order valence-electron chi connectivity index (χ1n) is 9.07. The van der Waals surface area contributed by atoms with E-state index in [-0.39, 0.29) is 5.91 Å². The molecule has 0 saturated carbocycles. The molecular formula is C22H14F3N5O. The van der Waals surface area contributed by atoms with Gasteiger partial charge in [0.25, 0.3) is 5.91 Å². The maximum absolute atomic E-state index is 13.0. The number of carbonyl (C=O) groups is 1. The molecule has 4 aromatic rings. The Hall–Kier alpha value is -4.19. The molecular weight excluding hydrogens is 407 g/mol. The Kier molecular flexibility index (Phi) is 4.91. The van der Waals surface area contributed by atoms with Gasteiger partial charge in [-0.25, -0.2) is 4.52 Å². The van der Waals surface area contributed by atoms with E-state index in [4.69, 9.17) is 5.26 Å². The predicted molar refractivity (Wildman–Crippen MR) is 107 cm³/mol. The highest BCUT2D eigenvalue weighted by molar-refractivity contribution is 6.06. The number of fused-ring (bicyclic) bond motifs is 1. The fourth-order valence-corrected chi connectivity index (χ4v) is 3.10. The molecule has 6 nitrogen and oxygen atoms in total. The number of nitrogens with zero attached hydrogens (tertiary/aromatic N) is 5. The molecule has 3 aromatic heterocycles. The van der Waals surface area contributed by atoms with E-state index >= 15 is 0 Å². The van der Waals surface area contributed by atoms with Gasteiger partial charge in [0.05, 0.1) is 34.6 Å². The summed E-state index contributed by atoms with van der Waals surface area (Å²) in [7, 11) is 1.61. The lowest BCUT2D eigenvalue weighted by molar-refractivity contribution is -0.137. The number of nitriles is 1. The highest BCUT2D eigenvalue weighted by atomic mass is 19.4. The summed E-state index contributed by atoms with van der Waals surface area (Å²) in [4.78, 5) is 18.3. The van der Waals surface area contributed by atoms with Crippen LogP contribution in [0.3, 0.4) is 0 Å². The fraction of sp³-hybridized carbons (Fsp3) is 0.0909. The number of rotatable bonds is 3. The molecule has 154 valence electrons. The van der Waals surface area contributed by atoms with E-state index in [2.05, 4.69) is 10.1 Å². The number of carbonyl (C=O) groups excluding carboxylic acids is 1. The Morgan fingerprint density at radius 2 is 1.84 bits per heavy atom. The monoisotopic (exact) mass is 421 g/mol. The van der Waals surface area contributed by atoms with Gasteiger partial charge in [0.1, 0.15) is 0 Å². The summed E-state index contributed by atoms with van der Waals surface area (Å²) < 4.78 is 39.9. The molecule has 0 atom stereocenters. The molecule has 0 radical (unpaired) electrons. The lowest BCUT2D eigenvalue weighted by Crippen LogP contribution is -2.26. The predicted octanol–water partition coefficient (Wildman–Crippen LogP) is 4.56. The van der Waals surface area contributed by atoms with Crippen LogP contribution in [0.25, 0.3) is 16.8 Å². The van der Waals surface area contributed by atoms with Gasteiger partial charge in [-0.05, 0) is 48.5 Å². The van der Waals surface area contributed by atoms with Crippen LogP contribution in [-0.2, 0) is 6.18 Å². The summed E-state index contributed by atoms with van der Waals surface area (Å²) in [5.41, 5.74) is 1.98. The maximum atomic E-state index is 13.0. The van der Waals surface area contributed by atoms with Crippen molar-refractivity contribution in [1.82, 2.24) is 14.6 Å². The molecule has 4 rings (SSSR count). The lowest BCUT2D eigenvalue weighted by Gasteiger charge is -2.17. The standard InChI is InChI=1S/C22H14F3N5O/c1-29(17-5-2-14(11-26)3-6-17)21(31)15-8-9-30-20(10-15)18(13-28-30)19-7-4-16(12-27-19)22(23,24)25/h2-10,12-13H,1H3. The third-order valence-corrected chi connectivity index (χ3v) is 4.82. The van der Waals surface area contributed by atoms with Crippen molar-refractivity contribution >= 4 is 17.1 Å². The molecule has 1 aromatic carbocycles. The molecule has 0 bridgehead atoms. The van der Waals surface area contributed by atoms with Gasteiger partial charge < -0.3 is 4.90 Å². The third-order valence-electron chi connectivity index (χ3n) is 4.82. The van der Waals surface area contributed by atoms with E-state index in [1.165, 1.54) is 21.7 Å². The minimum absolute atomic E-state index is 0.292. The molecule has 0 fully saturated rings. The lowest BCUT2D eigenvalue weighted by atomic mass is 10.1. The van der Waals surface area contributed by atoms with Crippen LogP contribution >= 0.6 is 0 Å². The van der Waals surface area contributed by atoms with Crippen LogP contribution in [0.15, 0.2) is 67.1 Å². The minimum atomic E-state index is -4.47. The molecule has 0 aliphatic heterocycles. The summed E-state index contributed by atoms with van der Waals surface area (Å²) in [6, 6.07) is 14.1. The van der Waals surface area contributed by atoms with Crippen LogP contribution in [0.5, 0.6) is 0 Å². The molecule has 0 saturated heterocycles. The average Bonchev–Trinajstić information content (AvgIpc) is 3.21. The van der Waals surface area contributed by atoms with E-state index in [1.54, 1.807) is 49.6 Å². The van der Waals surface area contributed by atoms with Crippen molar-refractivity contribution < 1.29 is 18.0 Å². The number of hydrogen-bond donors (Lipinski definition) is 0. The van der Waals surface area contributed by atoms with Crippen LogP contribution in [-0.4, -0.2) is 27.6 Å². The topological polar surface area (TPSA) is 74.3 Å². The second-order valence-corrected chi connectivity index (χ2v) is 6.76. The first kappa shape index (κ1) is 20.1. The quantitative estimate of drug-likeness (QED) is 0.486. The molecule has 31 heavy (non-hydrogen) atoms. The van der Waals surface area contributed by atoms with Crippen molar-refractivity contribution in [1.29, 1.82) is 5.26 Å². The van der Waals surface area contributed by atoms with Crippen LogP contribution in [0.2, 0.25) is 0 Å². The first-order valence-corrected chi connectivity index (χ1v) is 9.07. The Morgan fingerprint density at radius 1 is 1.10 bits per heavy atom. The van der Waals surface area contributed by atoms with Crippen molar-refractivity contribution in [2.75, 3.05) is 11.9 Å². The number of alkyl halides is 3. The maximum Gasteiger partial charge on any atom is 0.417 e. The van der Waals surface area contributed by atoms with Crippen molar-refractivity contribution in [3.63, 3.8) is 0 Å². The fourth-order valence-electron chi connectivity index (χ4n) is 3.10. The Bertz CT molecular complexity index is 1300. The molecule has 0 aliphatic rings.